The normalized spacial score (nSPS) is 17.7. The predicted molar refractivity (Wildman–Crippen MR) is 76.3 cm³/mol. The number of nitrogens with two attached hydrogens (primary N) is 1. The van der Waals surface area contributed by atoms with E-state index in [1.165, 1.54) is 6.08 Å². The van der Waals surface area contributed by atoms with Crippen LogP contribution in [0.2, 0.25) is 0 Å². The van der Waals surface area contributed by atoms with E-state index in [4.69, 9.17) is 5.73 Å². The van der Waals surface area contributed by atoms with Crippen LogP contribution < -0.4 is 11.1 Å². The van der Waals surface area contributed by atoms with Gasteiger partial charge in [0.15, 0.2) is 0 Å². The fourth-order valence-electron chi connectivity index (χ4n) is 2.36. The Kier molecular flexibility index (Phi) is 4.22. The van der Waals surface area contributed by atoms with Crippen molar-refractivity contribution in [3.8, 4) is 0 Å². The highest BCUT2D eigenvalue weighted by atomic mass is 16.3. The number of hydrogen-bond donors (Lipinski definition) is 3. The molecule has 1 aliphatic rings. The van der Waals surface area contributed by atoms with Crippen LogP contribution in [0.3, 0.4) is 0 Å². The van der Waals surface area contributed by atoms with Crippen LogP contribution >= 0.6 is 0 Å². The molecule has 0 spiro atoms. The van der Waals surface area contributed by atoms with E-state index in [1.807, 2.05) is 12.1 Å². The molecular formula is C15H20N2O2. The predicted octanol–water partition coefficient (Wildman–Crippen LogP) is 1.70. The Bertz CT molecular complexity index is 477. The highest BCUT2D eigenvalue weighted by molar-refractivity contribution is 5.91. The number of nitrogen functional groups attached to an aromatic ring is 1. The summed E-state index contributed by atoms with van der Waals surface area (Å²) in [5.41, 5.74) is 6.50. The molecule has 0 bridgehead atoms. The number of hydrogen-bond acceptors (Lipinski definition) is 3. The minimum Gasteiger partial charge on any atom is -0.399 e. The molecule has 1 fully saturated rings. The van der Waals surface area contributed by atoms with Gasteiger partial charge in [-0.3, -0.25) is 4.79 Å². The third kappa shape index (κ3) is 4.10. The van der Waals surface area contributed by atoms with Gasteiger partial charge in [0.25, 0.3) is 0 Å². The summed E-state index contributed by atoms with van der Waals surface area (Å²) < 4.78 is 0. The smallest absolute Gasteiger partial charge is 0.244 e. The minimum atomic E-state index is -0.708. The number of nitrogens with one attached hydrogen (secondary N) is 1. The lowest BCUT2D eigenvalue weighted by Gasteiger charge is -2.21. The molecule has 0 aliphatic heterocycles. The van der Waals surface area contributed by atoms with Gasteiger partial charge < -0.3 is 16.2 Å². The second-order valence-electron chi connectivity index (χ2n) is 5.15. The van der Waals surface area contributed by atoms with Crippen LogP contribution in [0.5, 0.6) is 0 Å². The van der Waals surface area contributed by atoms with Crippen LogP contribution in [-0.2, 0) is 4.79 Å². The van der Waals surface area contributed by atoms with Crippen molar-refractivity contribution < 1.29 is 9.90 Å². The third-order valence-corrected chi connectivity index (χ3v) is 3.46. The molecule has 0 saturated heterocycles. The Morgan fingerprint density at radius 2 is 2.16 bits per heavy atom. The molecule has 2 rings (SSSR count). The molecular weight excluding hydrogens is 240 g/mol. The van der Waals surface area contributed by atoms with E-state index < -0.39 is 5.60 Å². The molecule has 4 nitrogen and oxygen atoms in total. The first-order valence-corrected chi connectivity index (χ1v) is 6.61. The maximum Gasteiger partial charge on any atom is 0.244 e. The second kappa shape index (κ2) is 5.89. The van der Waals surface area contributed by atoms with Gasteiger partial charge in [-0.2, -0.15) is 0 Å². The van der Waals surface area contributed by atoms with Gasteiger partial charge in [0.05, 0.1) is 5.60 Å². The zero-order valence-electron chi connectivity index (χ0n) is 10.9. The summed E-state index contributed by atoms with van der Waals surface area (Å²) in [4.78, 5) is 11.7. The van der Waals surface area contributed by atoms with Crippen molar-refractivity contribution >= 4 is 17.7 Å². The molecule has 0 radical (unpaired) electrons. The zero-order valence-corrected chi connectivity index (χ0v) is 10.9. The fourth-order valence-corrected chi connectivity index (χ4v) is 2.36. The molecule has 0 unspecified atom stereocenters. The van der Waals surface area contributed by atoms with E-state index in [-0.39, 0.29) is 5.91 Å². The summed E-state index contributed by atoms with van der Waals surface area (Å²) in [6, 6.07) is 7.32. The first-order valence-electron chi connectivity index (χ1n) is 6.61. The summed E-state index contributed by atoms with van der Waals surface area (Å²) >= 11 is 0. The standard InChI is InChI=1S/C15H20N2O2/c16-13-5-3-4-12(10-13)6-7-14(18)17-11-15(19)8-1-2-9-15/h3-7,10,19H,1-2,8-9,11,16H2,(H,17,18)/b7-6+. The lowest BCUT2D eigenvalue weighted by Crippen LogP contribution is -2.40. The Hall–Kier alpha value is -1.81. The van der Waals surface area contributed by atoms with Crippen LogP contribution in [0.4, 0.5) is 5.69 Å². The molecule has 0 heterocycles. The maximum atomic E-state index is 11.7. The van der Waals surface area contributed by atoms with Crippen molar-refractivity contribution in [1.82, 2.24) is 5.32 Å². The lowest BCUT2D eigenvalue weighted by atomic mass is 10.0. The fraction of sp³-hybridized carbons (Fsp3) is 0.400. The molecule has 0 atom stereocenters. The van der Waals surface area contributed by atoms with Gasteiger partial charge in [0, 0.05) is 18.3 Å². The number of rotatable bonds is 4. The molecule has 19 heavy (non-hydrogen) atoms. The van der Waals surface area contributed by atoms with E-state index >= 15 is 0 Å². The van der Waals surface area contributed by atoms with E-state index in [0.717, 1.165) is 31.2 Å². The van der Waals surface area contributed by atoms with Crippen LogP contribution in [0, 0.1) is 0 Å². The second-order valence-corrected chi connectivity index (χ2v) is 5.15. The van der Waals surface area contributed by atoms with Crippen molar-refractivity contribution in [2.24, 2.45) is 0 Å². The number of benzene rings is 1. The van der Waals surface area contributed by atoms with Crippen LogP contribution in [0.1, 0.15) is 31.2 Å². The Morgan fingerprint density at radius 1 is 1.42 bits per heavy atom. The number of carbonyl (C=O) groups is 1. The SMILES string of the molecule is Nc1cccc(/C=C/C(=O)NCC2(O)CCCC2)c1. The molecule has 1 aromatic carbocycles. The maximum absolute atomic E-state index is 11.7. The van der Waals surface area contributed by atoms with Crippen LogP contribution in [-0.4, -0.2) is 23.2 Å². The van der Waals surface area contributed by atoms with E-state index in [0.29, 0.717) is 12.2 Å². The summed E-state index contributed by atoms with van der Waals surface area (Å²) in [6.45, 7) is 0.326. The van der Waals surface area contributed by atoms with Crippen LogP contribution in [0.15, 0.2) is 30.3 Å². The van der Waals surface area contributed by atoms with E-state index in [1.54, 1.807) is 18.2 Å². The van der Waals surface area contributed by atoms with Crippen molar-refractivity contribution in [2.75, 3.05) is 12.3 Å². The van der Waals surface area contributed by atoms with Gasteiger partial charge in [0.1, 0.15) is 0 Å². The molecule has 4 N–H and O–H groups in total. The largest absolute Gasteiger partial charge is 0.399 e. The van der Waals surface area contributed by atoms with Gasteiger partial charge in [-0.05, 0) is 36.6 Å². The minimum absolute atomic E-state index is 0.192. The topological polar surface area (TPSA) is 75.4 Å². The zero-order chi connectivity index (χ0) is 13.7. The highest BCUT2D eigenvalue weighted by Crippen LogP contribution is 2.28. The summed E-state index contributed by atoms with van der Waals surface area (Å²) in [5.74, 6) is -0.192. The molecule has 1 aromatic rings. The molecule has 4 heteroatoms. The van der Waals surface area contributed by atoms with E-state index in [2.05, 4.69) is 5.32 Å². The summed E-state index contributed by atoms with van der Waals surface area (Å²) in [5, 5.41) is 12.8. The quantitative estimate of drug-likeness (QED) is 0.570. The van der Waals surface area contributed by atoms with Gasteiger partial charge in [-0.1, -0.05) is 25.0 Å². The number of amides is 1. The molecule has 1 saturated carbocycles. The Labute approximate surface area is 113 Å². The molecule has 0 aromatic heterocycles. The average Bonchev–Trinajstić information content (AvgIpc) is 2.82. The van der Waals surface area contributed by atoms with Gasteiger partial charge in [-0.15, -0.1) is 0 Å². The summed E-state index contributed by atoms with van der Waals surface area (Å²) in [6.07, 6.45) is 6.78. The van der Waals surface area contributed by atoms with Crippen molar-refractivity contribution in [3.63, 3.8) is 0 Å². The van der Waals surface area contributed by atoms with Crippen molar-refractivity contribution in [2.45, 2.75) is 31.3 Å². The van der Waals surface area contributed by atoms with Crippen molar-refractivity contribution in [1.29, 1.82) is 0 Å². The van der Waals surface area contributed by atoms with Crippen molar-refractivity contribution in [3.05, 3.63) is 35.9 Å². The van der Waals surface area contributed by atoms with Gasteiger partial charge in [0.2, 0.25) is 5.91 Å². The first kappa shape index (κ1) is 13.6. The molecule has 1 aliphatic carbocycles. The third-order valence-electron chi connectivity index (χ3n) is 3.46. The number of anilines is 1. The lowest BCUT2D eigenvalue weighted by molar-refractivity contribution is -0.117. The summed E-state index contributed by atoms with van der Waals surface area (Å²) in [7, 11) is 0. The van der Waals surface area contributed by atoms with E-state index in [9.17, 15) is 9.90 Å². The number of aliphatic hydroxyl groups is 1. The number of carbonyl (C=O) groups excluding carboxylic acids is 1. The monoisotopic (exact) mass is 260 g/mol. The van der Waals surface area contributed by atoms with Gasteiger partial charge >= 0.3 is 0 Å². The Balaban J connectivity index is 1.84. The highest BCUT2D eigenvalue weighted by Gasteiger charge is 2.30. The first-order chi connectivity index (χ1) is 9.07. The molecule has 1 amide bonds. The van der Waals surface area contributed by atoms with Gasteiger partial charge in [-0.25, -0.2) is 0 Å². The molecule has 102 valence electrons. The Morgan fingerprint density at radius 3 is 2.84 bits per heavy atom. The average molecular weight is 260 g/mol. The van der Waals surface area contributed by atoms with Crippen LogP contribution in [0.25, 0.3) is 6.08 Å².